The molecule has 0 saturated heterocycles. The number of nitrogens with zero attached hydrogens (tertiary/aromatic N) is 1. The lowest BCUT2D eigenvalue weighted by Crippen LogP contribution is -2.49. The van der Waals surface area contributed by atoms with E-state index in [1.807, 2.05) is 66.7 Å². The molecule has 2 atom stereocenters. The average Bonchev–Trinajstić information content (AvgIpc) is 3.05. The van der Waals surface area contributed by atoms with Crippen molar-refractivity contribution >= 4 is 35.1 Å². The van der Waals surface area contributed by atoms with Crippen molar-refractivity contribution in [1.29, 1.82) is 0 Å². The van der Waals surface area contributed by atoms with Crippen LogP contribution in [0.2, 0.25) is 5.02 Å². The Morgan fingerprint density at radius 2 is 1.67 bits per heavy atom. The van der Waals surface area contributed by atoms with Crippen molar-refractivity contribution in [2.24, 2.45) is 5.92 Å². The third kappa shape index (κ3) is 3.69. The smallest absolute Gasteiger partial charge is 0.264 e. The summed E-state index contributed by atoms with van der Waals surface area (Å²) in [4.78, 5) is 28.9. The molecule has 33 heavy (non-hydrogen) atoms. The second kappa shape index (κ2) is 8.62. The molecule has 0 unspecified atom stereocenters. The standard InChI is InChI=1S/C28H24ClNO3/c29-24-15-6-4-11-21(24)18-30-25-16-7-5-13-22(25)28(33,27(30)32)23-14-8-12-20(26(23)31)17-19-9-2-1-3-10-19/h1-7,9-11,13,15-17,23,33H,8,12,14,18H2/b20-17+/t23-,28-/m0/s1. The van der Waals surface area contributed by atoms with Crippen molar-refractivity contribution in [2.45, 2.75) is 31.4 Å². The Bertz CT molecular complexity index is 1250. The SMILES string of the molecule is O=C1/C(=C/c2ccccc2)CCC[C@@H]1[C@]1(O)C(=O)N(Cc2ccccc2Cl)c2ccccc21. The first-order valence-corrected chi connectivity index (χ1v) is 11.5. The van der Waals surface area contributed by atoms with E-state index < -0.39 is 17.4 Å². The first-order valence-electron chi connectivity index (χ1n) is 11.2. The van der Waals surface area contributed by atoms with Gasteiger partial charge in [-0.25, -0.2) is 0 Å². The highest BCUT2D eigenvalue weighted by Crippen LogP contribution is 2.49. The van der Waals surface area contributed by atoms with Gasteiger partial charge in [-0.1, -0.05) is 78.3 Å². The van der Waals surface area contributed by atoms with E-state index in [9.17, 15) is 14.7 Å². The number of allylic oxidation sites excluding steroid dienone is 1. The van der Waals surface area contributed by atoms with Crippen LogP contribution < -0.4 is 4.90 Å². The number of rotatable bonds is 4. The second-order valence-corrected chi connectivity index (χ2v) is 9.06. The maximum absolute atomic E-state index is 13.8. The molecule has 3 aromatic carbocycles. The summed E-state index contributed by atoms with van der Waals surface area (Å²) < 4.78 is 0. The van der Waals surface area contributed by atoms with Gasteiger partial charge in [-0.05, 0) is 54.2 Å². The van der Waals surface area contributed by atoms with Gasteiger partial charge in [-0.2, -0.15) is 0 Å². The molecular formula is C28H24ClNO3. The molecule has 1 N–H and O–H groups in total. The fraction of sp³-hybridized carbons (Fsp3) is 0.214. The Labute approximate surface area is 198 Å². The van der Waals surface area contributed by atoms with Gasteiger partial charge in [-0.3, -0.25) is 9.59 Å². The van der Waals surface area contributed by atoms with E-state index in [0.717, 1.165) is 17.5 Å². The molecule has 4 nitrogen and oxygen atoms in total. The van der Waals surface area contributed by atoms with Crippen molar-refractivity contribution in [1.82, 2.24) is 0 Å². The molecule has 0 radical (unpaired) electrons. The fourth-order valence-corrected chi connectivity index (χ4v) is 5.21. The lowest BCUT2D eigenvalue weighted by Gasteiger charge is -2.34. The van der Waals surface area contributed by atoms with Crippen LogP contribution in [-0.4, -0.2) is 16.8 Å². The van der Waals surface area contributed by atoms with E-state index in [0.29, 0.717) is 34.7 Å². The molecule has 1 saturated carbocycles. The summed E-state index contributed by atoms with van der Waals surface area (Å²) in [5.74, 6) is -1.45. The van der Waals surface area contributed by atoms with Crippen LogP contribution in [0.5, 0.6) is 0 Å². The van der Waals surface area contributed by atoms with Crippen molar-refractivity contribution in [3.63, 3.8) is 0 Å². The summed E-state index contributed by atoms with van der Waals surface area (Å²) in [6.07, 6.45) is 3.71. The van der Waals surface area contributed by atoms with E-state index in [4.69, 9.17) is 11.6 Å². The van der Waals surface area contributed by atoms with Gasteiger partial charge in [0.1, 0.15) is 0 Å². The third-order valence-corrected chi connectivity index (χ3v) is 7.05. The average molecular weight is 458 g/mol. The summed E-state index contributed by atoms with van der Waals surface area (Å²) in [6.45, 7) is 0.228. The summed E-state index contributed by atoms with van der Waals surface area (Å²) in [6, 6.07) is 24.2. The zero-order valence-corrected chi connectivity index (χ0v) is 18.8. The van der Waals surface area contributed by atoms with Crippen LogP contribution in [0, 0.1) is 5.92 Å². The zero-order chi connectivity index (χ0) is 23.0. The molecule has 1 aliphatic carbocycles. The number of halogens is 1. The quantitative estimate of drug-likeness (QED) is 0.524. The number of carbonyl (C=O) groups excluding carboxylic acids is 2. The number of ketones is 1. The lowest BCUT2D eigenvalue weighted by molar-refractivity contribution is -0.150. The van der Waals surface area contributed by atoms with Gasteiger partial charge in [-0.15, -0.1) is 0 Å². The first kappa shape index (κ1) is 21.6. The number of aliphatic hydroxyl groups is 1. The van der Waals surface area contributed by atoms with Gasteiger partial charge in [0.05, 0.1) is 18.2 Å². The molecule has 0 aromatic heterocycles. The molecule has 2 aliphatic rings. The highest BCUT2D eigenvalue weighted by atomic mass is 35.5. The van der Waals surface area contributed by atoms with Gasteiger partial charge in [0.2, 0.25) is 0 Å². The summed E-state index contributed by atoms with van der Waals surface area (Å²) in [7, 11) is 0. The molecule has 5 rings (SSSR count). The maximum Gasteiger partial charge on any atom is 0.264 e. The number of anilines is 1. The Hall–Kier alpha value is -3.21. The van der Waals surface area contributed by atoms with Crippen LogP contribution in [0.25, 0.3) is 6.08 Å². The molecule has 166 valence electrons. The Kier molecular flexibility index (Phi) is 5.65. The number of para-hydroxylation sites is 1. The number of fused-ring (bicyclic) bond motifs is 1. The van der Waals surface area contributed by atoms with Gasteiger partial charge >= 0.3 is 0 Å². The van der Waals surface area contributed by atoms with E-state index in [-0.39, 0.29) is 12.3 Å². The molecule has 3 aromatic rings. The number of amides is 1. The van der Waals surface area contributed by atoms with Crippen LogP contribution in [-0.2, 0) is 21.7 Å². The van der Waals surface area contributed by atoms with Crippen LogP contribution in [0.4, 0.5) is 5.69 Å². The Morgan fingerprint density at radius 3 is 2.45 bits per heavy atom. The molecule has 1 amide bonds. The Balaban J connectivity index is 1.53. The first-order chi connectivity index (χ1) is 16.0. The molecule has 0 bridgehead atoms. The van der Waals surface area contributed by atoms with Gasteiger partial charge < -0.3 is 10.0 Å². The maximum atomic E-state index is 13.8. The minimum Gasteiger partial charge on any atom is -0.375 e. The second-order valence-electron chi connectivity index (χ2n) is 8.66. The van der Waals surface area contributed by atoms with Crippen LogP contribution in [0.3, 0.4) is 0 Å². The highest BCUT2D eigenvalue weighted by molar-refractivity contribution is 6.31. The normalized spacial score (nSPS) is 23.8. The van der Waals surface area contributed by atoms with Gasteiger partial charge in [0.15, 0.2) is 11.4 Å². The highest BCUT2D eigenvalue weighted by Gasteiger charge is 2.57. The Morgan fingerprint density at radius 1 is 0.970 bits per heavy atom. The topological polar surface area (TPSA) is 57.6 Å². The van der Waals surface area contributed by atoms with E-state index in [1.54, 1.807) is 23.1 Å². The van der Waals surface area contributed by atoms with Gasteiger partial charge in [0.25, 0.3) is 5.91 Å². The third-order valence-electron chi connectivity index (χ3n) is 6.68. The molecule has 1 fully saturated rings. The van der Waals surface area contributed by atoms with E-state index in [1.165, 1.54) is 0 Å². The lowest BCUT2D eigenvalue weighted by atomic mass is 9.71. The minimum atomic E-state index is -1.90. The number of hydrogen-bond acceptors (Lipinski definition) is 3. The predicted molar refractivity (Wildman–Crippen MR) is 130 cm³/mol. The van der Waals surface area contributed by atoms with Gasteiger partial charge in [0, 0.05) is 10.6 Å². The number of carbonyl (C=O) groups is 2. The van der Waals surface area contributed by atoms with E-state index in [2.05, 4.69) is 0 Å². The van der Waals surface area contributed by atoms with Crippen LogP contribution in [0.15, 0.2) is 84.4 Å². The monoisotopic (exact) mass is 457 g/mol. The minimum absolute atomic E-state index is 0.157. The molecule has 5 heteroatoms. The largest absolute Gasteiger partial charge is 0.375 e. The predicted octanol–water partition coefficient (Wildman–Crippen LogP) is 5.53. The fourth-order valence-electron chi connectivity index (χ4n) is 5.02. The summed E-state index contributed by atoms with van der Waals surface area (Å²) in [5, 5.41) is 12.5. The molecular weight excluding hydrogens is 434 g/mol. The molecule has 1 heterocycles. The number of Topliss-reactive ketones (excluding diaryl/α,β-unsaturated/α-hetero) is 1. The van der Waals surface area contributed by atoms with Crippen LogP contribution >= 0.6 is 11.6 Å². The summed E-state index contributed by atoms with van der Waals surface area (Å²) in [5.41, 5.74) is 1.59. The van der Waals surface area contributed by atoms with Crippen LogP contribution in [0.1, 0.15) is 36.0 Å². The number of benzene rings is 3. The van der Waals surface area contributed by atoms with Crippen molar-refractivity contribution in [2.75, 3.05) is 4.90 Å². The number of hydrogen-bond donors (Lipinski definition) is 1. The van der Waals surface area contributed by atoms with Crippen molar-refractivity contribution < 1.29 is 14.7 Å². The zero-order valence-electron chi connectivity index (χ0n) is 18.1. The van der Waals surface area contributed by atoms with E-state index >= 15 is 0 Å². The molecule has 1 aliphatic heterocycles. The molecule has 0 spiro atoms. The van der Waals surface area contributed by atoms with Crippen molar-refractivity contribution in [3.8, 4) is 0 Å². The summed E-state index contributed by atoms with van der Waals surface area (Å²) >= 11 is 6.35. The van der Waals surface area contributed by atoms with Crippen molar-refractivity contribution in [3.05, 3.63) is 106 Å².